The number of anilines is 1. The fourth-order valence-electron chi connectivity index (χ4n) is 6.22. The third kappa shape index (κ3) is 6.05. The summed E-state index contributed by atoms with van der Waals surface area (Å²) in [5.41, 5.74) is 6.00. The van der Waals surface area contributed by atoms with Crippen molar-refractivity contribution in [2.45, 2.75) is 58.0 Å². The Bertz CT molecular complexity index is 1740. The van der Waals surface area contributed by atoms with E-state index in [-0.39, 0.29) is 11.3 Å². The van der Waals surface area contributed by atoms with E-state index in [1.807, 2.05) is 18.2 Å². The van der Waals surface area contributed by atoms with Crippen molar-refractivity contribution in [2.24, 2.45) is 0 Å². The largest absolute Gasteiger partial charge is 0.456 e. The zero-order valence-corrected chi connectivity index (χ0v) is 24.6. The van der Waals surface area contributed by atoms with Gasteiger partial charge in [-0.25, -0.2) is 0 Å². The van der Waals surface area contributed by atoms with Gasteiger partial charge in [0.1, 0.15) is 11.5 Å². The molecule has 5 heterocycles. The van der Waals surface area contributed by atoms with Crippen molar-refractivity contribution in [3.8, 4) is 23.2 Å². The van der Waals surface area contributed by atoms with Gasteiger partial charge in [-0.05, 0) is 104 Å². The summed E-state index contributed by atoms with van der Waals surface area (Å²) in [5.74, 6) is 0.423. The van der Waals surface area contributed by atoms with E-state index < -0.39 is 11.7 Å². The number of halogens is 3. The van der Waals surface area contributed by atoms with Crippen LogP contribution in [0, 0.1) is 11.3 Å². The maximum Gasteiger partial charge on any atom is 0.417 e. The average Bonchev–Trinajstić information content (AvgIpc) is 3.04. The number of benzene rings is 1. The minimum Gasteiger partial charge on any atom is -0.456 e. The molecule has 3 aliphatic heterocycles. The molecule has 0 saturated carbocycles. The lowest BCUT2D eigenvalue weighted by Gasteiger charge is -2.39. The van der Waals surface area contributed by atoms with Gasteiger partial charge in [0.15, 0.2) is 0 Å². The zero-order valence-electron chi connectivity index (χ0n) is 24.6. The Hall–Kier alpha value is -4.64. The Morgan fingerprint density at radius 3 is 2.59 bits per heavy atom. The van der Waals surface area contributed by atoms with Gasteiger partial charge < -0.3 is 9.64 Å². The molecule has 2 aromatic heterocycles. The second-order valence-corrected chi connectivity index (χ2v) is 11.3. The second-order valence-electron chi connectivity index (χ2n) is 11.3. The van der Waals surface area contributed by atoms with Crippen molar-refractivity contribution in [2.75, 3.05) is 18.0 Å². The molecule has 0 fully saturated rings. The normalized spacial score (nSPS) is 17.2. The van der Waals surface area contributed by atoms with Crippen LogP contribution in [0.4, 0.5) is 18.9 Å². The highest BCUT2D eigenvalue weighted by molar-refractivity contribution is 5.84. The first-order valence-corrected chi connectivity index (χ1v) is 15.2. The van der Waals surface area contributed by atoms with Crippen LogP contribution in [0.25, 0.3) is 22.5 Å². The van der Waals surface area contributed by atoms with Crippen molar-refractivity contribution in [3.63, 3.8) is 0 Å². The van der Waals surface area contributed by atoms with Gasteiger partial charge in [0.2, 0.25) is 0 Å². The Balaban J connectivity index is 1.27. The molecule has 0 amide bonds. The molecular weight excluding hydrogens is 561 g/mol. The number of hydrogen-bond donors (Lipinski definition) is 0. The summed E-state index contributed by atoms with van der Waals surface area (Å²) >= 11 is 0. The first-order valence-electron chi connectivity index (χ1n) is 15.2. The molecule has 0 N–H and O–H groups in total. The average molecular weight is 595 g/mol. The molecule has 0 unspecified atom stereocenters. The number of aryl methyl sites for hydroxylation is 2. The maximum atomic E-state index is 14.3. The first kappa shape index (κ1) is 29.4. The molecule has 6 rings (SSSR count). The zero-order chi connectivity index (χ0) is 30.7. The van der Waals surface area contributed by atoms with E-state index in [9.17, 15) is 18.4 Å². The number of nitriles is 1. The first-order chi connectivity index (χ1) is 21.4. The van der Waals surface area contributed by atoms with Crippen LogP contribution in [-0.2, 0) is 19.3 Å². The van der Waals surface area contributed by atoms with Gasteiger partial charge in [-0.15, -0.1) is 0 Å². The van der Waals surface area contributed by atoms with Crippen molar-refractivity contribution in [1.29, 1.82) is 5.26 Å². The van der Waals surface area contributed by atoms with Gasteiger partial charge in [0.05, 0.1) is 28.6 Å². The highest BCUT2D eigenvalue weighted by Gasteiger charge is 2.41. The summed E-state index contributed by atoms with van der Waals surface area (Å²) < 4.78 is 49.0. The third-order valence-corrected chi connectivity index (χ3v) is 8.31. The third-order valence-electron chi connectivity index (χ3n) is 8.31. The van der Waals surface area contributed by atoms with Crippen molar-refractivity contribution < 1.29 is 17.9 Å². The van der Waals surface area contributed by atoms with E-state index in [1.54, 1.807) is 42.8 Å². The lowest BCUT2D eigenvalue weighted by Crippen LogP contribution is -2.35. The van der Waals surface area contributed by atoms with Crippen molar-refractivity contribution >= 4 is 16.8 Å². The standard InChI is InChI=1S/C36H33F3N4O/c1-2-3-8-24-13-15-41-32(19-24)33-21-25(14-16-42-33)27(23-40)9-4-5-11-28-22-31(36(37,38)39)30-20-26-10-6-17-43-18-7-12-29(34(26)43)35(30)44-28/h4-5,9,11,13-16,19-22H,2-3,6-8,10,12,17-18H2,1H3/b5-4+,27-9+,28-11-. The smallest absolute Gasteiger partial charge is 0.417 e. The van der Waals surface area contributed by atoms with E-state index in [0.29, 0.717) is 29.0 Å². The number of hydrogen-bond acceptors (Lipinski definition) is 5. The van der Waals surface area contributed by atoms with Gasteiger partial charge >= 0.3 is 6.18 Å². The van der Waals surface area contributed by atoms with E-state index in [2.05, 4.69) is 27.9 Å². The molecule has 0 saturated heterocycles. The molecule has 1 aromatic carbocycles. The Morgan fingerprint density at radius 1 is 1.05 bits per heavy atom. The summed E-state index contributed by atoms with van der Waals surface area (Å²) in [6.07, 6.45) is 12.8. The van der Waals surface area contributed by atoms with Gasteiger partial charge in [-0.3, -0.25) is 9.97 Å². The molecule has 224 valence electrons. The maximum absolute atomic E-state index is 14.3. The molecule has 0 radical (unpaired) electrons. The monoisotopic (exact) mass is 594 g/mol. The fourth-order valence-corrected chi connectivity index (χ4v) is 6.22. The number of unbranched alkanes of at least 4 members (excludes halogenated alkanes) is 1. The number of ether oxygens (including phenoxy) is 1. The molecule has 0 bridgehead atoms. The van der Waals surface area contributed by atoms with E-state index in [4.69, 9.17) is 4.74 Å². The van der Waals surface area contributed by atoms with Gasteiger partial charge in [-0.2, -0.15) is 18.4 Å². The SMILES string of the molecule is CCCCc1ccnc(-c2cc(/C(C#N)=C/C=C/C=C3/C=C(C(F)(F)F)c4cc5c6c(c4O3)CCCN6CCC5)ccn2)c1. The summed E-state index contributed by atoms with van der Waals surface area (Å²) in [6.45, 7) is 3.99. The summed E-state index contributed by atoms with van der Waals surface area (Å²) in [5, 5.41) is 9.88. The Kier molecular flexibility index (Phi) is 8.38. The number of fused-ring (bicyclic) bond motifs is 2. The quantitative estimate of drug-likeness (QED) is 0.203. The number of alkyl halides is 3. The molecule has 8 heteroatoms. The predicted molar refractivity (Wildman–Crippen MR) is 167 cm³/mol. The van der Waals surface area contributed by atoms with Crippen LogP contribution >= 0.6 is 0 Å². The Morgan fingerprint density at radius 2 is 1.82 bits per heavy atom. The molecule has 3 aromatic rings. The molecule has 5 nitrogen and oxygen atoms in total. The lowest BCUT2D eigenvalue weighted by atomic mass is 9.86. The minimum absolute atomic E-state index is 0.109. The van der Waals surface area contributed by atoms with Gasteiger partial charge in [-0.1, -0.05) is 25.5 Å². The lowest BCUT2D eigenvalue weighted by molar-refractivity contribution is -0.0694. The molecule has 0 atom stereocenters. The highest BCUT2D eigenvalue weighted by atomic mass is 19.4. The summed E-state index contributed by atoms with van der Waals surface area (Å²) in [6, 6.07) is 11.5. The number of nitrogens with zero attached hydrogens (tertiary/aromatic N) is 4. The van der Waals surface area contributed by atoms with Crippen LogP contribution in [0.1, 0.15) is 60.4 Å². The van der Waals surface area contributed by atoms with Crippen molar-refractivity contribution in [3.05, 3.63) is 107 Å². The fraction of sp³-hybridized carbons (Fsp3) is 0.306. The van der Waals surface area contributed by atoms with Crippen LogP contribution < -0.4 is 9.64 Å². The summed E-state index contributed by atoms with van der Waals surface area (Å²) in [4.78, 5) is 11.2. The topological polar surface area (TPSA) is 62.0 Å². The highest BCUT2D eigenvalue weighted by Crippen LogP contribution is 2.50. The number of pyridine rings is 2. The van der Waals surface area contributed by atoms with Gasteiger partial charge in [0, 0.05) is 42.3 Å². The minimum atomic E-state index is -4.53. The van der Waals surface area contributed by atoms with Crippen LogP contribution in [-0.4, -0.2) is 29.2 Å². The number of rotatable bonds is 7. The number of allylic oxidation sites excluding steroid dienone is 7. The van der Waals surface area contributed by atoms with Crippen LogP contribution in [0.2, 0.25) is 0 Å². The van der Waals surface area contributed by atoms with Crippen molar-refractivity contribution in [1.82, 2.24) is 9.97 Å². The molecular formula is C36H33F3N4O. The van der Waals surface area contributed by atoms with E-state index >= 15 is 0 Å². The molecule has 44 heavy (non-hydrogen) atoms. The molecule has 3 aliphatic rings. The molecule has 0 spiro atoms. The Labute approximate surface area is 255 Å². The van der Waals surface area contributed by atoms with Gasteiger partial charge in [0.25, 0.3) is 0 Å². The van der Waals surface area contributed by atoms with E-state index in [0.717, 1.165) is 80.2 Å². The van der Waals surface area contributed by atoms with Crippen LogP contribution in [0.3, 0.4) is 0 Å². The summed E-state index contributed by atoms with van der Waals surface area (Å²) in [7, 11) is 0. The van der Waals surface area contributed by atoms with Crippen LogP contribution in [0.15, 0.2) is 78.9 Å². The van der Waals surface area contributed by atoms with Crippen LogP contribution in [0.5, 0.6) is 5.75 Å². The predicted octanol–water partition coefficient (Wildman–Crippen LogP) is 8.57. The number of aromatic nitrogens is 2. The second kappa shape index (κ2) is 12.5. The van der Waals surface area contributed by atoms with E-state index in [1.165, 1.54) is 11.6 Å². The molecule has 0 aliphatic carbocycles.